The van der Waals surface area contributed by atoms with Gasteiger partial charge in [0.25, 0.3) is 0 Å². The van der Waals surface area contributed by atoms with Crippen LogP contribution >= 0.6 is 0 Å². The molecule has 0 aliphatic carbocycles. The molecule has 0 spiro atoms. The maximum atomic E-state index is 12.4. The number of hydrogen-bond acceptors (Lipinski definition) is 5. The minimum atomic E-state index is -3.64. The van der Waals surface area contributed by atoms with Crippen LogP contribution in [0.2, 0.25) is 0 Å². The van der Waals surface area contributed by atoms with E-state index >= 15 is 0 Å². The van der Waals surface area contributed by atoms with E-state index in [0.29, 0.717) is 29.5 Å². The molecule has 0 fully saturated rings. The fourth-order valence-corrected chi connectivity index (χ4v) is 3.22. The molecule has 0 saturated carbocycles. The van der Waals surface area contributed by atoms with Gasteiger partial charge in [-0.25, -0.2) is 8.42 Å². The Morgan fingerprint density at radius 1 is 1.11 bits per heavy atom. The van der Waals surface area contributed by atoms with E-state index in [1.165, 1.54) is 7.11 Å². The average molecular weight is 392 g/mol. The van der Waals surface area contributed by atoms with E-state index in [9.17, 15) is 13.2 Å². The zero-order valence-corrected chi connectivity index (χ0v) is 16.5. The van der Waals surface area contributed by atoms with Gasteiger partial charge in [-0.1, -0.05) is 13.0 Å². The van der Waals surface area contributed by atoms with Crippen LogP contribution < -0.4 is 19.1 Å². The second-order valence-corrected chi connectivity index (χ2v) is 7.80. The van der Waals surface area contributed by atoms with E-state index in [1.54, 1.807) is 48.5 Å². The molecule has 2 aromatic rings. The lowest BCUT2D eigenvalue weighted by Crippen LogP contribution is -2.37. The number of carbonyl (C=O) groups excluding carboxylic acids is 1. The zero-order valence-electron chi connectivity index (χ0n) is 15.6. The minimum absolute atomic E-state index is 0.342. The molecule has 1 amide bonds. The molecular weight excluding hydrogens is 368 g/mol. The van der Waals surface area contributed by atoms with Gasteiger partial charge in [0.15, 0.2) is 0 Å². The van der Waals surface area contributed by atoms with E-state index in [0.717, 1.165) is 17.0 Å². The highest BCUT2D eigenvalue weighted by Gasteiger charge is 2.21. The highest BCUT2D eigenvalue weighted by Crippen LogP contribution is 2.22. The third-order valence-corrected chi connectivity index (χ3v) is 4.78. The maximum Gasteiger partial charge on any atom is 0.245 e. The van der Waals surface area contributed by atoms with Crippen molar-refractivity contribution < 1.29 is 22.7 Å². The van der Waals surface area contributed by atoms with Crippen molar-refractivity contribution in [1.29, 1.82) is 0 Å². The molecule has 0 unspecified atom stereocenters. The van der Waals surface area contributed by atoms with Crippen LogP contribution in [0, 0.1) is 0 Å². The van der Waals surface area contributed by atoms with E-state index in [1.807, 2.05) is 6.92 Å². The van der Waals surface area contributed by atoms with Gasteiger partial charge in [0, 0.05) is 11.8 Å². The van der Waals surface area contributed by atoms with E-state index in [4.69, 9.17) is 9.47 Å². The summed E-state index contributed by atoms with van der Waals surface area (Å²) in [5.74, 6) is 0.783. The molecule has 2 aromatic carbocycles. The third kappa shape index (κ3) is 6.18. The lowest BCUT2D eigenvalue weighted by Gasteiger charge is -2.22. The van der Waals surface area contributed by atoms with Crippen molar-refractivity contribution >= 4 is 27.3 Å². The predicted octanol–water partition coefficient (Wildman–Crippen LogP) is 2.89. The lowest BCUT2D eigenvalue weighted by molar-refractivity contribution is -0.114. The van der Waals surface area contributed by atoms with Crippen molar-refractivity contribution in [3.63, 3.8) is 0 Å². The van der Waals surface area contributed by atoms with Gasteiger partial charge < -0.3 is 14.8 Å². The molecule has 0 aliphatic heterocycles. The fraction of sp³-hybridized carbons (Fsp3) is 0.316. The molecule has 0 aromatic heterocycles. The topological polar surface area (TPSA) is 84.9 Å². The van der Waals surface area contributed by atoms with Crippen LogP contribution in [0.4, 0.5) is 11.4 Å². The number of hydrogen-bond donors (Lipinski definition) is 1. The molecule has 0 bridgehead atoms. The van der Waals surface area contributed by atoms with E-state index in [2.05, 4.69) is 5.32 Å². The smallest absolute Gasteiger partial charge is 0.245 e. The Bertz CT molecular complexity index is 866. The molecule has 0 heterocycles. The SMILES string of the molecule is CCCOc1ccc(N(CC(=O)Nc2cccc(OC)c2)S(C)(=O)=O)cc1. The predicted molar refractivity (Wildman–Crippen MR) is 106 cm³/mol. The Labute approximate surface area is 160 Å². The van der Waals surface area contributed by atoms with Gasteiger partial charge in [-0.2, -0.15) is 0 Å². The summed E-state index contributed by atoms with van der Waals surface area (Å²) in [6.07, 6.45) is 1.94. The van der Waals surface area contributed by atoms with Crippen LogP contribution in [-0.2, 0) is 14.8 Å². The van der Waals surface area contributed by atoms with Crippen LogP contribution in [0.25, 0.3) is 0 Å². The zero-order chi connectivity index (χ0) is 19.9. The first kappa shape index (κ1) is 20.6. The summed E-state index contributed by atoms with van der Waals surface area (Å²) in [5.41, 5.74) is 0.915. The first-order valence-corrected chi connectivity index (χ1v) is 10.3. The largest absolute Gasteiger partial charge is 0.497 e. The summed E-state index contributed by atoms with van der Waals surface area (Å²) >= 11 is 0. The Balaban J connectivity index is 2.13. The number of nitrogens with zero attached hydrogens (tertiary/aromatic N) is 1. The first-order chi connectivity index (χ1) is 12.8. The summed E-state index contributed by atoms with van der Waals surface area (Å²) in [7, 11) is -2.11. The molecule has 0 radical (unpaired) electrons. The van der Waals surface area contributed by atoms with E-state index < -0.39 is 15.9 Å². The van der Waals surface area contributed by atoms with Crippen molar-refractivity contribution in [2.75, 3.05) is 36.1 Å². The summed E-state index contributed by atoms with van der Waals surface area (Å²) in [5, 5.41) is 2.68. The number of methoxy groups -OCH3 is 1. The van der Waals surface area contributed by atoms with Crippen LogP contribution in [-0.4, -0.2) is 40.8 Å². The quantitative estimate of drug-likeness (QED) is 0.709. The van der Waals surface area contributed by atoms with Crippen molar-refractivity contribution in [2.45, 2.75) is 13.3 Å². The van der Waals surface area contributed by atoms with Crippen molar-refractivity contribution in [3.8, 4) is 11.5 Å². The van der Waals surface area contributed by atoms with Crippen molar-refractivity contribution in [2.24, 2.45) is 0 Å². The number of ether oxygens (including phenoxy) is 2. The first-order valence-electron chi connectivity index (χ1n) is 8.48. The monoisotopic (exact) mass is 392 g/mol. The summed E-state index contributed by atoms with van der Waals surface area (Å²) in [6, 6.07) is 13.4. The molecule has 0 aliphatic rings. The van der Waals surface area contributed by atoms with Gasteiger partial charge in [-0.15, -0.1) is 0 Å². The lowest BCUT2D eigenvalue weighted by atomic mass is 10.3. The van der Waals surface area contributed by atoms with Gasteiger partial charge in [0.05, 0.1) is 25.7 Å². The normalized spacial score (nSPS) is 10.9. The highest BCUT2D eigenvalue weighted by atomic mass is 32.2. The number of sulfonamides is 1. The Morgan fingerprint density at radius 3 is 2.41 bits per heavy atom. The Kier molecular flexibility index (Phi) is 7.06. The van der Waals surface area contributed by atoms with Gasteiger partial charge in [0.1, 0.15) is 18.0 Å². The number of benzene rings is 2. The van der Waals surface area contributed by atoms with Gasteiger partial charge in [0.2, 0.25) is 15.9 Å². The third-order valence-electron chi connectivity index (χ3n) is 3.64. The molecule has 146 valence electrons. The van der Waals surface area contributed by atoms with Crippen LogP contribution in [0.15, 0.2) is 48.5 Å². The number of anilines is 2. The van der Waals surface area contributed by atoms with Crippen LogP contribution in [0.1, 0.15) is 13.3 Å². The second-order valence-electron chi connectivity index (χ2n) is 5.89. The molecule has 27 heavy (non-hydrogen) atoms. The van der Waals surface area contributed by atoms with Crippen molar-refractivity contribution in [1.82, 2.24) is 0 Å². The van der Waals surface area contributed by atoms with Crippen LogP contribution in [0.5, 0.6) is 11.5 Å². The molecule has 8 heteroatoms. The summed E-state index contributed by atoms with van der Waals surface area (Å²) in [4.78, 5) is 12.4. The number of amides is 1. The minimum Gasteiger partial charge on any atom is -0.497 e. The average Bonchev–Trinajstić information content (AvgIpc) is 2.64. The van der Waals surface area contributed by atoms with E-state index in [-0.39, 0.29) is 6.54 Å². The Morgan fingerprint density at radius 2 is 1.81 bits per heavy atom. The van der Waals surface area contributed by atoms with Crippen LogP contribution in [0.3, 0.4) is 0 Å². The maximum absolute atomic E-state index is 12.4. The van der Waals surface area contributed by atoms with Crippen molar-refractivity contribution in [3.05, 3.63) is 48.5 Å². The van der Waals surface area contributed by atoms with Gasteiger partial charge in [-0.05, 0) is 42.8 Å². The molecule has 0 saturated heterocycles. The Hall–Kier alpha value is -2.74. The molecule has 1 N–H and O–H groups in total. The number of rotatable bonds is 9. The molecular formula is C19H24N2O5S. The second kappa shape index (κ2) is 9.27. The van der Waals surface area contributed by atoms with Gasteiger partial charge >= 0.3 is 0 Å². The molecule has 7 nitrogen and oxygen atoms in total. The number of carbonyl (C=O) groups is 1. The van der Waals surface area contributed by atoms with Gasteiger partial charge in [-0.3, -0.25) is 9.10 Å². The molecule has 0 atom stereocenters. The molecule has 2 rings (SSSR count). The highest BCUT2D eigenvalue weighted by molar-refractivity contribution is 7.92. The number of nitrogens with one attached hydrogen (secondary N) is 1. The summed E-state index contributed by atoms with van der Waals surface area (Å²) in [6.45, 7) is 2.24. The standard InChI is InChI=1S/C19H24N2O5S/c1-4-12-26-17-10-8-16(9-11-17)21(27(3,23)24)14-19(22)20-15-6-5-7-18(13-15)25-2/h5-11,13H,4,12,14H2,1-3H3,(H,20,22). The fourth-order valence-electron chi connectivity index (χ4n) is 2.36. The summed E-state index contributed by atoms with van der Waals surface area (Å²) < 4.78 is 36.0.